The van der Waals surface area contributed by atoms with E-state index in [0.29, 0.717) is 6.04 Å². The van der Waals surface area contributed by atoms with Gasteiger partial charge in [0.05, 0.1) is 0 Å². The van der Waals surface area contributed by atoms with Crippen LogP contribution in [0.1, 0.15) is 24.4 Å². The van der Waals surface area contributed by atoms with Gasteiger partial charge in [0.2, 0.25) is 0 Å². The standard InChI is InChI=1S/C13H19FN2/c1-15-13(8-10-6-7-16-9-10)11-2-4-12(14)5-3-11/h2-5,10,13,15-16H,6-9H2,1H3. The highest BCUT2D eigenvalue weighted by molar-refractivity contribution is 5.20. The highest BCUT2D eigenvalue weighted by atomic mass is 19.1. The van der Waals surface area contributed by atoms with Crippen LogP contribution in [0, 0.1) is 11.7 Å². The summed E-state index contributed by atoms with van der Waals surface area (Å²) in [6, 6.07) is 7.15. The van der Waals surface area contributed by atoms with Gasteiger partial charge in [-0.15, -0.1) is 0 Å². The molecule has 88 valence electrons. The maximum atomic E-state index is 12.8. The normalized spacial score (nSPS) is 22.2. The first-order valence-corrected chi connectivity index (χ1v) is 5.93. The Morgan fingerprint density at radius 3 is 2.75 bits per heavy atom. The van der Waals surface area contributed by atoms with Crippen molar-refractivity contribution in [1.82, 2.24) is 10.6 Å². The van der Waals surface area contributed by atoms with Crippen LogP contribution in [0.15, 0.2) is 24.3 Å². The van der Waals surface area contributed by atoms with Crippen LogP contribution in [0.3, 0.4) is 0 Å². The molecule has 1 aromatic rings. The van der Waals surface area contributed by atoms with Crippen molar-refractivity contribution in [1.29, 1.82) is 0 Å². The Bertz CT molecular complexity index is 317. The van der Waals surface area contributed by atoms with Gasteiger partial charge in [-0.05, 0) is 56.6 Å². The molecule has 2 N–H and O–H groups in total. The van der Waals surface area contributed by atoms with E-state index in [0.717, 1.165) is 25.4 Å². The molecule has 16 heavy (non-hydrogen) atoms. The van der Waals surface area contributed by atoms with Gasteiger partial charge >= 0.3 is 0 Å². The van der Waals surface area contributed by atoms with Crippen LogP contribution in [0.25, 0.3) is 0 Å². The maximum Gasteiger partial charge on any atom is 0.123 e. The summed E-state index contributed by atoms with van der Waals surface area (Å²) in [4.78, 5) is 0. The van der Waals surface area contributed by atoms with E-state index in [1.165, 1.54) is 24.1 Å². The highest BCUT2D eigenvalue weighted by Gasteiger charge is 2.19. The second-order valence-corrected chi connectivity index (χ2v) is 4.49. The molecule has 0 amide bonds. The first-order valence-electron chi connectivity index (χ1n) is 5.93. The quantitative estimate of drug-likeness (QED) is 0.815. The lowest BCUT2D eigenvalue weighted by atomic mass is 9.94. The Labute approximate surface area is 96.2 Å². The molecule has 2 atom stereocenters. The van der Waals surface area contributed by atoms with E-state index < -0.39 is 0 Å². The van der Waals surface area contributed by atoms with Crippen LogP contribution in [0.4, 0.5) is 4.39 Å². The second-order valence-electron chi connectivity index (χ2n) is 4.49. The Kier molecular flexibility index (Phi) is 3.91. The summed E-state index contributed by atoms with van der Waals surface area (Å²) in [7, 11) is 1.97. The fraction of sp³-hybridized carbons (Fsp3) is 0.538. The molecule has 2 unspecified atom stereocenters. The van der Waals surface area contributed by atoms with Gasteiger partial charge in [0.15, 0.2) is 0 Å². The third kappa shape index (κ3) is 2.80. The number of rotatable bonds is 4. The van der Waals surface area contributed by atoms with Crippen molar-refractivity contribution in [2.75, 3.05) is 20.1 Å². The van der Waals surface area contributed by atoms with Gasteiger partial charge in [-0.1, -0.05) is 12.1 Å². The van der Waals surface area contributed by atoms with Crippen LogP contribution >= 0.6 is 0 Å². The van der Waals surface area contributed by atoms with Crippen LogP contribution in [0.5, 0.6) is 0 Å². The molecule has 0 radical (unpaired) electrons. The number of benzene rings is 1. The molecule has 0 aromatic heterocycles. The molecular formula is C13H19FN2. The minimum atomic E-state index is -0.166. The monoisotopic (exact) mass is 222 g/mol. The van der Waals surface area contributed by atoms with Gasteiger partial charge in [0.1, 0.15) is 5.82 Å². The minimum absolute atomic E-state index is 0.166. The van der Waals surface area contributed by atoms with Crippen molar-refractivity contribution in [2.24, 2.45) is 5.92 Å². The van der Waals surface area contributed by atoms with Gasteiger partial charge in [-0.25, -0.2) is 4.39 Å². The summed E-state index contributed by atoms with van der Waals surface area (Å²) in [5, 5.41) is 6.69. The average Bonchev–Trinajstić information content (AvgIpc) is 2.80. The van der Waals surface area contributed by atoms with Crippen LogP contribution in [0.2, 0.25) is 0 Å². The summed E-state index contributed by atoms with van der Waals surface area (Å²) in [5.41, 5.74) is 1.18. The molecule has 3 heteroatoms. The van der Waals surface area contributed by atoms with Gasteiger partial charge in [-0.2, -0.15) is 0 Å². The van der Waals surface area contributed by atoms with Crippen molar-refractivity contribution < 1.29 is 4.39 Å². The maximum absolute atomic E-state index is 12.8. The Morgan fingerprint density at radius 2 is 2.19 bits per heavy atom. The lowest BCUT2D eigenvalue weighted by molar-refractivity contribution is 0.430. The van der Waals surface area contributed by atoms with Crippen molar-refractivity contribution >= 4 is 0 Å². The zero-order chi connectivity index (χ0) is 11.4. The summed E-state index contributed by atoms with van der Waals surface area (Å²) in [6.07, 6.45) is 2.37. The molecule has 0 aliphatic carbocycles. The van der Waals surface area contributed by atoms with Gasteiger partial charge in [0, 0.05) is 6.04 Å². The van der Waals surface area contributed by atoms with E-state index in [1.807, 2.05) is 19.2 Å². The molecule has 0 bridgehead atoms. The lowest BCUT2D eigenvalue weighted by Crippen LogP contribution is -2.21. The third-order valence-electron chi connectivity index (χ3n) is 3.35. The first kappa shape index (κ1) is 11.6. The molecule has 1 aliphatic heterocycles. The van der Waals surface area contributed by atoms with Crippen molar-refractivity contribution in [3.05, 3.63) is 35.6 Å². The minimum Gasteiger partial charge on any atom is -0.316 e. The van der Waals surface area contributed by atoms with Crippen LogP contribution in [-0.2, 0) is 0 Å². The predicted molar refractivity (Wildman–Crippen MR) is 63.8 cm³/mol. The van der Waals surface area contributed by atoms with Gasteiger partial charge in [0.25, 0.3) is 0 Å². The molecule has 2 nitrogen and oxygen atoms in total. The molecule has 1 aliphatic rings. The van der Waals surface area contributed by atoms with Crippen LogP contribution < -0.4 is 10.6 Å². The van der Waals surface area contributed by atoms with Crippen molar-refractivity contribution in [3.8, 4) is 0 Å². The molecule has 1 heterocycles. The van der Waals surface area contributed by atoms with E-state index in [4.69, 9.17) is 0 Å². The zero-order valence-electron chi connectivity index (χ0n) is 9.67. The number of halogens is 1. The third-order valence-corrected chi connectivity index (χ3v) is 3.35. The molecule has 1 fully saturated rings. The van der Waals surface area contributed by atoms with Gasteiger partial charge < -0.3 is 10.6 Å². The Balaban J connectivity index is 2.00. The summed E-state index contributed by atoms with van der Waals surface area (Å²) >= 11 is 0. The number of hydrogen-bond donors (Lipinski definition) is 2. The molecular weight excluding hydrogens is 203 g/mol. The highest BCUT2D eigenvalue weighted by Crippen LogP contribution is 2.24. The first-order chi connectivity index (χ1) is 7.79. The van der Waals surface area contributed by atoms with E-state index in [9.17, 15) is 4.39 Å². The molecule has 0 spiro atoms. The SMILES string of the molecule is CNC(CC1CCNC1)c1ccc(F)cc1. The topological polar surface area (TPSA) is 24.1 Å². The lowest BCUT2D eigenvalue weighted by Gasteiger charge is -2.20. The van der Waals surface area contributed by atoms with E-state index in [1.54, 1.807) is 0 Å². The summed E-state index contributed by atoms with van der Waals surface area (Å²) < 4.78 is 12.8. The fourth-order valence-electron chi connectivity index (χ4n) is 2.36. The number of nitrogens with one attached hydrogen (secondary N) is 2. The van der Waals surface area contributed by atoms with E-state index >= 15 is 0 Å². The number of hydrogen-bond acceptors (Lipinski definition) is 2. The van der Waals surface area contributed by atoms with Crippen LogP contribution in [-0.4, -0.2) is 20.1 Å². The molecule has 0 saturated carbocycles. The summed E-state index contributed by atoms with van der Waals surface area (Å²) in [5.74, 6) is 0.573. The molecule has 2 rings (SSSR count). The Morgan fingerprint density at radius 1 is 1.44 bits per heavy atom. The Hall–Kier alpha value is -0.930. The molecule has 1 aromatic carbocycles. The smallest absolute Gasteiger partial charge is 0.123 e. The zero-order valence-corrected chi connectivity index (χ0v) is 9.67. The second kappa shape index (κ2) is 5.41. The predicted octanol–water partition coefficient (Wildman–Crippen LogP) is 2.09. The average molecular weight is 222 g/mol. The van der Waals surface area contributed by atoms with Crippen molar-refractivity contribution in [3.63, 3.8) is 0 Å². The molecule has 1 saturated heterocycles. The van der Waals surface area contributed by atoms with E-state index in [-0.39, 0.29) is 5.82 Å². The largest absolute Gasteiger partial charge is 0.316 e. The fourth-order valence-corrected chi connectivity index (χ4v) is 2.36. The van der Waals surface area contributed by atoms with E-state index in [2.05, 4.69) is 10.6 Å². The van der Waals surface area contributed by atoms with Gasteiger partial charge in [-0.3, -0.25) is 0 Å². The van der Waals surface area contributed by atoms with Crippen molar-refractivity contribution in [2.45, 2.75) is 18.9 Å². The summed E-state index contributed by atoms with van der Waals surface area (Å²) in [6.45, 7) is 2.24.